The van der Waals surface area contributed by atoms with Crippen LogP contribution in [-0.4, -0.2) is 10.5 Å². The molecule has 0 spiro atoms. The van der Waals surface area contributed by atoms with Crippen LogP contribution in [0.1, 0.15) is 45.2 Å². The van der Waals surface area contributed by atoms with E-state index in [1.807, 2.05) is 5.51 Å². The van der Waals surface area contributed by atoms with Crippen molar-refractivity contribution in [3.63, 3.8) is 0 Å². The van der Waals surface area contributed by atoms with Gasteiger partial charge in [-0.25, -0.2) is 4.98 Å². The molecule has 84 valence electrons. The highest BCUT2D eigenvalue weighted by Crippen LogP contribution is 2.33. The van der Waals surface area contributed by atoms with E-state index < -0.39 is 0 Å². The molecule has 2 rings (SSSR count). The molecule has 1 heterocycles. The molecule has 0 radical (unpaired) electrons. The van der Waals surface area contributed by atoms with Crippen LogP contribution in [-0.2, 0) is 6.54 Å². The van der Waals surface area contributed by atoms with Gasteiger partial charge < -0.3 is 5.32 Å². The molecule has 1 N–H and O–H groups in total. The molecule has 0 atom stereocenters. The molecule has 1 saturated carbocycles. The highest BCUT2D eigenvalue weighted by Gasteiger charge is 2.31. The van der Waals surface area contributed by atoms with E-state index in [1.54, 1.807) is 11.3 Å². The van der Waals surface area contributed by atoms with Gasteiger partial charge in [-0.15, -0.1) is 11.3 Å². The lowest BCUT2D eigenvalue weighted by Gasteiger charge is -2.32. The van der Waals surface area contributed by atoms with Gasteiger partial charge >= 0.3 is 0 Å². The van der Waals surface area contributed by atoms with Gasteiger partial charge in [-0.05, 0) is 32.6 Å². The van der Waals surface area contributed by atoms with Gasteiger partial charge in [0.05, 0.1) is 11.2 Å². The van der Waals surface area contributed by atoms with Crippen LogP contribution in [0.25, 0.3) is 0 Å². The number of aromatic nitrogens is 1. The second-order valence-corrected chi connectivity index (χ2v) is 5.76. The summed E-state index contributed by atoms with van der Waals surface area (Å²) in [4.78, 5) is 4.30. The molecular formula is C12H20N2S. The van der Waals surface area contributed by atoms with Crippen molar-refractivity contribution in [3.8, 4) is 0 Å². The van der Waals surface area contributed by atoms with E-state index >= 15 is 0 Å². The molecule has 1 fully saturated rings. The number of rotatable bonds is 4. The Hall–Kier alpha value is -0.410. The van der Waals surface area contributed by atoms with Gasteiger partial charge in [-0.2, -0.15) is 0 Å². The predicted molar refractivity (Wildman–Crippen MR) is 65.0 cm³/mol. The first-order valence-electron chi connectivity index (χ1n) is 5.80. The first-order valence-corrected chi connectivity index (χ1v) is 6.75. The lowest BCUT2D eigenvalue weighted by Crippen LogP contribution is -2.44. The van der Waals surface area contributed by atoms with Crippen molar-refractivity contribution in [3.05, 3.63) is 16.6 Å². The molecule has 1 aliphatic carbocycles. The van der Waals surface area contributed by atoms with Crippen molar-refractivity contribution in [2.75, 3.05) is 0 Å². The molecule has 0 bridgehead atoms. The molecule has 1 aromatic heterocycles. The van der Waals surface area contributed by atoms with Crippen LogP contribution in [0.4, 0.5) is 0 Å². The Morgan fingerprint density at radius 1 is 1.47 bits per heavy atom. The maximum atomic E-state index is 4.30. The molecule has 0 saturated heterocycles. The van der Waals surface area contributed by atoms with Crippen molar-refractivity contribution in [2.45, 2.75) is 51.6 Å². The Bertz CT molecular complexity index is 287. The van der Waals surface area contributed by atoms with E-state index in [-0.39, 0.29) is 5.54 Å². The topological polar surface area (TPSA) is 24.9 Å². The Balaban J connectivity index is 1.86. The van der Waals surface area contributed by atoms with E-state index in [9.17, 15) is 0 Å². The van der Waals surface area contributed by atoms with Gasteiger partial charge in [0.15, 0.2) is 0 Å². The number of hydrogen-bond donors (Lipinski definition) is 1. The zero-order valence-electron chi connectivity index (χ0n) is 9.62. The standard InChI is InChI=1S/C12H20N2S/c1-12(2,10-5-3-4-6-10)14-7-11-8-15-9-13-11/h8-10,14H,3-7H2,1-2H3. The van der Waals surface area contributed by atoms with Gasteiger partial charge in [-0.3, -0.25) is 0 Å². The first-order chi connectivity index (χ1) is 7.18. The van der Waals surface area contributed by atoms with E-state index in [4.69, 9.17) is 0 Å². The third-order valence-corrected chi connectivity index (χ3v) is 4.22. The predicted octanol–water partition coefficient (Wildman–Crippen LogP) is 3.20. The molecule has 15 heavy (non-hydrogen) atoms. The number of nitrogens with one attached hydrogen (secondary N) is 1. The molecule has 0 unspecified atom stereocenters. The molecule has 0 amide bonds. The fourth-order valence-electron chi connectivity index (χ4n) is 2.44. The lowest BCUT2D eigenvalue weighted by atomic mass is 9.86. The van der Waals surface area contributed by atoms with Crippen molar-refractivity contribution in [1.82, 2.24) is 10.3 Å². The van der Waals surface area contributed by atoms with E-state index in [0.717, 1.165) is 12.5 Å². The van der Waals surface area contributed by atoms with Crippen molar-refractivity contribution < 1.29 is 0 Å². The Morgan fingerprint density at radius 2 is 2.20 bits per heavy atom. The summed E-state index contributed by atoms with van der Waals surface area (Å²) < 4.78 is 0. The normalized spacial score (nSPS) is 18.5. The highest BCUT2D eigenvalue weighted by atomic mass is 32.1. The fourth-order valence-corrected chi connectivity index (χ4v) is 2.99. The fraction of sp³-hybridized carbons (Fsp3) is 0.750. The summed E-state index contributed by atoms with van der Waals surface area (Å²) in [5.41, 5.74) is 3.34. The Kier molecular flexibility index (Phi) is 3.42. The molecular weight excluding hydrogens is 204 g/mol. The summed E-state index contributed by atoms with van der Waals surface area (Å²) in [6.45, 7) is 5.57. The maximum absolute atomic E-state index is 4.30. The van der Waals surface area contributed by atoms with Gasteiger partial charge in [-0.1, -0.05) is 12.8 Å². The summed E-state index contributed by atoms with van der Waals surface area (Å²) in [5, 5.41) is 5.77. The zero-order chi connectivity index (χ0) is 10.7. The highest BCUT2D eigenvalue weighted by molar-refractivity contribution is 7.07. The van der Waals surface area contributed by atoms with Gasteiger partial charge in [0.2, 0.25) is 0 Å². The summed E-state index contributed by atoms with van der Waals surface area (Å²) in [5.74, 6) is 0.844. The molecule has 0 aliphatic heterocycles. The van der Waals surface area contributed by atoms with Crippen LogP contribution >= 0.6 is 11.3 Å². The van der Waals surface area contributed by atoms with Crippen LogP contribution in [0.2, 0.25) is 0 Å². The van der Waals surface area contributed by atoms with Crippen molar-refractivity contribution >= 4 is 11.3 Å². The summed E-state index contributed by atoms with van der Waals surface area (Å²) in [6.07, 6.45) is 5.59. The minimum atomic E-state index is 0.264. The summed E-state index contributed by atoms with van der Waals surface area (Å²) in [6, 6.07) is 0. The van der Waals surface area contributed by atoms with Crippen LogP contribution in [0, 0.1) is 5.92 Å². The third-order valence-electron chi connectivity index (χ3n) is 3.58. The Labute approximate surface area is 96.1 Å². The quantitative estimate of drug-likeness (QED) is 0.849. The summed E-state index contributed by atoms with van der Waals surface area (Å²) in [7, 11) is 0. The smallest absolute Gasteiger partial charge is 0.0795 e. The SMILES string of the molecule is CC(C)(NCc1cscn1)C1CCCC1. The van der Waals surface area contributed by atoms with Gasteiger partial charge in [0, 0.05) is 17.5 Å². The average molecular weight is 224 g/mol. The molecule has 2 nitrogen and oxygen atoms in total. The van der Waals surface area contributed by atoms with Gasteiger partial charge in [0.25, 0.3) is 0 Å². The van der Waals surface area contributed by atoms with Gasteiger partial charge in [0.1, 0.15) is 0 Å². The molecule has 0 aromatic carbocycles. The maximum Gasteiger partial charge on any atom is 0.0795 e. The van der Waals surface area contributed by atoms with E-state index in [0.29, 0.717) is 0 Å². The number of thiazole rings is 1. The zero-order valence-corrected chi connectivity index (χ0v) is 10.4. The largest absolute Gasteiger partial charge is 0.306 e. The molecule has 1 aromatic rings. The molecule has 3 heteroatoms. The summed E-state index contributed by atoms with van der Waals surface area (Å²) >= 11 is 1.67. The van der Waals surface area contributed by atoms with Crippen LogP contribution in [0.3, 0.4) is 0 Å². The monoisotopic (exact) mass is 224 g/mol. The minimum absolute atomic E-state index is 0.264. The third kappa shape index (κ3) is 2.79. The second-order valence-electron chi connectivity index (χ2n) is 5.04. The second kappa shape index (κ2) is 4.62. The number of nitrogens with zero attached hydrogens (tertiary/aromatic N) is 1. The lowest BCUT2D eigenvalue weighted by molar-refractivity contribution is 0.253. The van der Waals surface area contributed by atoms with Crippen LogP contribution < -0.4 is 5.32 Å². The van der Waals surface area contributed by atoms with Crippen LogP contribution in [0.5, 0.6) is 0 Å². The van der Waals surface area contributed by atoms with E-state index in [1.165, 1.54) is 31.4 Å². The van der Waals surface area contributed by atoms with Crippen molar-refractivity contribution in [2.24, 2.45) is 5.92 Å². The van der Waals surface area contributed by atoms with E-state index in [2.05, 4.69) is 29.5 Å². The average Bonchev–Trinajstić information content (AvgIpc) is 2.88. The van der Waals surface area contributed by atoms with Crippen LogP contribution in [0.15, 0.2) is 10.9 Å². The molecule has 1 aliphatic rings. The van der Waals surface area contributed by atoms with Crippen molar-refractivity contribution in [1.29, 1.82) is 0 Å². The number of hydrogen-bond acceptors (Lipinski definition) is 3. The Morgan fingerprint density at radius 3 is 2.80 bits per heavy atom. The minimum Gasteiger partial charge on any atom is -0.306 e. The first kappa shape index (κ1) is 11.1.